The standard InChI is InChI=1S/C12H16ClNO/c1-9(14-12-5-6-15-8-12)10-3-2-4-11(13)7-10/h2-4,7,9,12,14H,5-6,8H2,1H3/t9-,12?/m0/s1. The number of hydrogen-bond donors (Lipinski definition) is 1. The minimum absolute atomic E-state index is 0.329. The number of hydrogen-bond acceptors (Lipinski definition) is 2. The number of nitrogens with one attached hydrogen (secondary N) is 1. The smallest absolute Gasteiger partial charge is 0.0620 e. The predicted octanol–water partition coefficient (Wildman–Crippen LogP) is 2.78. The molecular formula is C12H16ClNO. The SMILES string of the molecule is C[C@H](NC1CCOC1)c1cccc(Cl)c1. The first-order valence-corrected chi connectivity index (χ1v) is 5.73. The summed E-state index contributed by atoms with van der Waals surface area (Å²) in [5.74, 6) is 0. The van der Waals surface area contributed by atoms with Gasteiger partial charge in [0.05, 0.1) is 6.61 Å². The summed E-state index contributed by atoms with van der Waals surface area (Å²) >= 11 is 5.95. The van der Waals surface area contributed by atoms with Gasteiger partial charge in [0.25, 0.3) is 0 Å². The molecule has 0 spiro atoms. The van der Waals surface area contributed by atoms with Crippen molar-refractivity contribution in [2.45, 2.75) is 25.4 Å². The summed E-state index contributed by atoms with van der Waals surface area (Å²) in [5.41, 5.74) is 1.23. The normalized spacial score (nSPS) is 22.9. The van der Waals surface area contributed by atoms with Crippen molar-refractivity contribution in [1.82, 2.24) is 5.32 Å². The maximum absolute atomic E-state index is 5.95. The third-order valence-corrected chi connectivity index (χ3v) is 3.00. The largest absolute Gasteiger partial charge is 0.380 e. The van der Waals surface area contributed by atoms with Crippen molar-refractivity contribution in [2.75, 3.05) is 13.2 Å². The molecule has 1 aliphatic heterocycles. The Kier molecular flexibility index (Phi) is 3.62. The second-order valence-corrected chi connectivity index (χ2v) is 4.44. The zero-order valence-electron chi connectivity index (χ0n) is 8.87. The number of benzene rings is 1. The lowest BCUT2D eigenvalue weighted by Gasteiger charge is -2.18. The molecule has 1 aromatic carbocycles. The lowest BCUT2D eigenvalue weighted by atomic mass is 10.1. The van der Waals surface area contributed by atoms with Gasteiger partial charge in [-0.05, 0) is 31.0 Å². The van der Waals surface area contributed by atoms with E-state index < -0.39 is 0 Å². The van der Waals surface area contributed by atoms with Gasteiger partial charge in [0.2, 0.25) is 0 Å². The van der Waals surface area contributed by atoms with Crippen LogP contribution in [-0.4, -0.2) is 19.3 Å². The summed E-state index contributed by atoms with van der Waals surface area (Å²) in [4.78, 5) is 0. The van der Waals surface area contributed by atoms with E-state index in [-0.39, 0.29) is 0 Å². The maximum Gasteiger partial charge on any atom is 0.0620 e. The Bertz CT molecular complexity index is 323. The minimum Gasteiger partial charge on any atom is -0.380 e. The first-order chi connectivity index (χ1) is 7.25. The molecule has 2 rings (SSSR count). The van der Waals surface area contributed by atoms with E-state index in [9.17, 15) is 0 Å². The molecule has 1 heterocycles. The molecular weight excluding hydrogens is 210 g/mol. The molecule has 1 unspecified atom stereocenters. The summed E-state index contributed by atoms with van der Waals surface area (Å²) < 4.78 is 5.33. The summed E-state index contributed by atoms with van der Waals surface area (Å²) in [6.45, 7) is 3.86. The highest BCUT2D eigenvalue weighted by Crippen LogP contribution is 2.19. The van der Waals surface area contributed by atoms with Crippen LogP contribution in [0.5, 0.6) is 0 Å². The molecule has 1 saturated heterocycles. The highest BCUT2D eigenvalue weighted by atomic mass is 35.5. The van der Waals surface area contributed by atoms with Gasteiger partial charge in [-0.2, -0.15) is 0 Å². The summed E-state index contributed by atoms with van der Waals surface area (Å²) in [7, 11) is 0. The molecule has 0 aromatic heterocycles. The second-order valence-electron chi connectivity index (χ2n) is 4.00. The van der Waals surface area contributed by atoms with Crippen molar-refractivity contribution in [3.63, 3.8) is 0 Å². The average molecular weight is 226 g/mol. The highest BCUT2D eigenvalue weighted by Gasteiger charge is 2.17. The fourth-order valence-electron chi connectivity index (χ4n) is 1.89. The third-order valence-electron chi connectivity index (χ3n) is 2.76. The van der Waals surface area contributed by atoms with Crippen molar-refractivity contribution in [1.29, 1.82) is 0 Å². The zero-order chi connectivity index (χ0) is 10.7. The first kappa shape index (κ1) is 10.9. The molecule has 3 heteroatoms. The van der Waals surface area contributed by atoms with E-state index in [2.05, 4.69) is 18.3 Å². The molecule has 1 fully saturated rings. The van der Waals surface area contributed by atoms with Gasteiger partial charge in [-0.25, -0.2) is 0 Å². The number of halogens is 1. The van der Waals surface area contributed by atoms with Crippen LogP contribution in [0.15, 0.2) is 24.3 Å². The fraction of sp³-hybridized carbons (Fsp3) is 0.500. The molecule has 0 radical (unpaired) electrons. The summed E-state index contributed by atoms with van der Waals surface area (Å²) in [5, 5.41) is 4.33. The van der Waals surface area contributed by atoms with Gasteiger partial charge in [-0.15, -0.1) is 0 Å². The Morgan fingerprint density at radius 2 is 2.40 bits per heavy atom. The van der Waals surface area contributed by atoms with Crippen LogP contribution in [0.1, 0.15) is 24.9 Å². The van der Waals surface area contributed by atoms with Crippen molar-refractivity contribution < 1.29 is 4.74 Å². The van der Waals surface area contributed by atoms with Crippen LogP contribution in [0, 0.1) is 0 Å². The molecule has 0 saturated carbocycles. The molecule has 15 heavy (non-hydrogen) atoms. The lowest BCUT2D eigenvalue weighted by molar-refractivity contribution is 0.188. The maximum atomic E-state index is 5.95. The highest BCUT2D eigenvalue weighted by molar-refractivity contribution is 6.30. The fourth-order valence-corrected chi connectivity index (χ4v) is 2.09. The second kappa shape index (κ2) is 4.97. The van der Waals surface area contributed by atoms with Gasteiger partial charge < -0.3 is 10.1 Å². The van der Waals surface area contributed by atoms with Crippen LogP contribution in [0.2, 0.25) is 5.02 Å². The number of rotatable bonds is 3. The van der Waals surface area contributed by atoms with E-state index in [1.807, 2.05) is 18.2 Å². The van der Waals surface area contributed by atoms with Crippen LogP contribution in [0.4, 0.5) is 0 Å². The molecule has 1 N–H and O–H groups in total. The molecule has 2 nitrogen and oxygen atoms in total. The van der Waals surface area contributed by atoms with Gasteiger partial charge in [0.1, 0.15) is 0 Å². The topological polar surface area (TPSA) is 21.3 Å². The van der Waals surface area contributed by atoms with E-state index in [0.717, 1.165) is 24.7 Å². The third kappa shape index (κ3) is 2.94. The number of ether oxygens (including phenoxy) is 1. The van der Waals surface area contributed by atoms with Gasteiger partial charge in [0.15, 0.2) is 0 Å². The predicted molar refractivity (Wildman–Crippen MR) is 62.2 cm³/mol. The monoisotopic (exact) mass is 225 g/mol. The molecule has 1 aliphatic rings. The van der Waals surface area contributed by atoms with E-state index in [0.29, 0.717) is 12.1 Å². The Morgan fingerprint density at radius 3 is 3.07 bits per heavy atom. The molecule has 1 aromatic rings. The van der Waals surface area contributed by atoms with Crippen molar-refractivity contribution in [3.8, 4) is 0 Å². The average Bonchev–Trinajstić information content (AvgIpc) is 2.70. The van der Waals surface area contributed by atoms with Crippen molar-refractivity contribution in [2.24, 2.45) is 0 Å². The van der Waals surface area contributed by atoms with Crippen LogP contribution in [0.25, 0.3) is 0 Å². The molecule has 82 valence electrons. The van der Waals surface area contributed by atoms with Crippen LogP contribution < -0.4 is 5.32 Å². The van der Waals surface area contributed by atoms with Gasteiger partial charge in [0, 0.05) is 23.7 Å². The van der Waals surface area contributed by atoms with Crippen LogP contribution in [0.3, 0.4) is 0 Å². The first-order valence-electron chi connectivity index (χ1n) is 5.35. The minimum atomic E-state index is 0.329. The van der Waals surface area contributed by atoms with E-state index in [1.54, 1.807) is 0 Å². The Hall–Kier alpha value is -0.570. The van der Waals surface area contributed by atoms with E-state index in [4.69, 9.17) is 16.3 Å². The summed E-state index contributed by atoms with van der Waals surface area (Å²) in [6, 6.07) is 8.81. The van der Waals surface area contributed by atoms with Crippen molar-refractivity contribution in [3.05, 3.63) is 34.9 Å². The van der Waals surface area contributed by atoms with Crippen LogP contribution in [-0.2, 0) is 4.74 Å². The van der Waals surface area contributed by atoms with Crippen LogP contribution >= 0.6 is 11.6 Å². The van der Waals surface area contributed by atoms with Gasteiger partial charge in [-0.1, -0.05) is 23.7 Å². The van der Waals surface area contributed by atoms with Gasteiger partial charge in [-0.3, -0.25) is 0 Å². The summed E-state index contributed by atoms with van der Waals surface area (Å²) in [6.07, 6.45) is 1.10. The van der Waals surface area contributed by atoms with Gasteiger partial charge >= 0.3 is 0 Å². The Balaban J connectivity index is 1.97. The molecule has 0 bridgehead atoms. The molecule has 2 atom stereocenters. The molecule has 0 amide bonds. The van der Waals surface area contributed by atoms with Crippen molar-refractivity contribution >= 4 is 11.6 Å². The lowest BCUT2D eigenvalue weighted by Crippen LogP contribution is -2.31. The zero-order valence-corrected chi connectivity index (χ0v) is 9.63. The quantitative estimate of drug-likeness (QED) is 0.854. The Labute approximate surface area is 95.6 Å². The molecule has 0 aliphatic carbocycles. The van der Waals surface area contributed by atoms with E-state index >= 15 is 0 Å². The van der Waals surface area contributed by atoms with E-state index in [1.165, 1.54) is 5.56 Å². The Morgan fingerprint density at radius 1 is 1.53 bits per heavy atom.